The molecule has 2 aliphatic rings. The molecule has 0 aliphatic carbocycles. The Morgan fingerprint density at radius 1 is 1.33 bits per heavy atom. The predicted octanol–water partition coefficient (Wildman–Crippen LogP) is 0.353. The number of carbonyl (C=O) groups excluding carboxylic acids is 1. The van der Waals surface area contributed by atoms with Gasteiger partial charge in [0, 0.05) is 13.1 Å². The van der Waals surface area contributed by atoms with Gasteiger partial charge in [0.1, 0.15) is 18.8 Å². The monoisotopic (exact) mass is 314 g/mol. The number of hydrogen-bond acceptors (Lipinski definition) is 5. The van der Waals surface area contributed by atoms with Gasteiger partial charge in [-0.05, 0) is 12.1 Å². The van der Waals surface area contributed by atoms with Crippen molar-refractivity contribution < 1.29 is 19.0 Å². The number of morpholine rings is 1. The molecule has 2 atom stereocenters. The summed E-state index contributed by atoms with van der Waals surface area (Å²) in [6, 6.07) is 7.52. The quantitative estimate of drug-likeness (QED) is 0.843. The number of rotatable bonds is 3. The van der Waals surface area contributed by atoms with E-state index in [1.165, 1.54) is 0 Å². The summed E-state index contributed by atoms with van der Waals surface area (Å²) < 4.78 is 16.8. The Morgan fingerprint density at radius 3 is 2.90 bits per heavy atom. The maximum Gasteiger partial charge on any atom is 0.250 e. The number of halogens is 1. The summed E-state index contributed by atoms with van der Waals surface area (Å²) in [5.74, 6) is 1.35. The molecule has 2 unspecified atom stereocenters. The van der Waals surface area contributed by atoms with E-state index in [9.17, 15) is 4.79 Å². The number of para-hydroxylation sites is 2. The summed E-state index contributed by atoms with van der Waals surface area (Å²) in [5.41, 5.74) is 0. The predicted molar refractivity (Wildman–Crippen MR) is 79.2 cm³/mol. The lowest BCUT2D eigenvalue weighted by atomic mass is 10.2. The third kappa shape index (κ3) is 4.00. The summed E-state index contributed by atoms with van der Waals surface area (Å²) >= 11 is 0. The van der Waals surface area contributed by atoms with Crippen molar-refractivity contribution in [2.75, 3.05) is 32.8 Å². The van der Waals surface area contributed by atoms with E-state index in [0.29, 0.717) is 32.1 Å². The fraction of sp³-hybridized carbons (Fsp3) is 0.500. The number of carbonyl (C=O) groups is 1. The highest BCUT2D eigenvalue weighted by atomic mass is 35.5. The maximum atomic E-state index is 11.9. The molecule has 0 saturated carbocycles. The Balaban J connectivity index is 0.00000161. The minimum atomic E-state index is -0.416. The molecular formula is C14H19ClN2O4. The molecule has 2 aliphatic heterocycles. The van der Waals surface area contributed by atoms with Crippen LogP contribution >= 0.6 is 12.4 Å². The number of hydrogen-bond donors (Lipinski definition) is 2. The van der Waals surface area contributed by atoms with Crippen molar-refractivity contribution >= 4 is 18.3 Å². The van der Waals surface area contributed by atoms with Gasteiger partial charge >= 0.3 is 0 Å². The van der Waals surface area contributed by atoms with Gasteiger partial charge in [-0.1, -0.05) is 12.1 Å². The zero-order valence-electron chi connectivity index (χ0n) is 11.5. The van der Waals surface area contributed by atoms with Crippen LogP contribution < -0.4 is 20.1 Å². The van der Waals surface area contributed by atoms with Crippen molar-refractivity contribution in [2.24, 2.45) is 0 Å². The number of ether oxygens (including phenoxy) is 3. The van der Waals surface area contributed by atoms with Crippen LogP contribution in [0.5, 0.6) is 11.5 Å². The SMILES string of the molecule is Cl.O=C(NCC1COc2ccccc2O1)C1CNCCO1. The van der Waals surface area contributed by atoms with Crippen molar-refractivity contribution in [2.45, 2.75) is 12.2 Å². The molecule has 1 amide bonds. The fourth-order valence-electron chi connectivity index (χ4n) is 2.23. The average Bonchev–Trinajstić information content (AvgIpc) is 2.53. The van der Waals surface area contributed by atoms with Gasteiger partial charge in [-0.15, -0.1) is 12.4 Å². The molecule has 0 bridgehead atoms. The smallest absolute Gasteiger partial charge is 0.250 e. The van der Waals surface area contributed by atoms with E-state index in [1.54, 1.807) is 0 Å². The minimum absolute atomic E-state index is 0. The van der Waals surface area contributed by atoms with Gasteiger partial charge in [0.15, 0.2) is 11.5 Å². The first-order valence-electron chi connectivity index (χ1n) is 6.81. The first-order chi connectivity index (χ1) is 9.83. The fourth-order valence-corrected chi connectivity index (χ4v) is 2.23. The highest BCUT2D eigenvalue weighted by molar-refractivity contribution is 5.85. The average molecular weight is 315 g/mol. The number of nitrogens with one attached hydrogen (secondary N) is 2. The second kappa shape index (κ2) is 7.49. The van der Waals surface area contributed by atoms with Gasteiger partial charge < -0.3 is 24.8 Å². The molecule has 2 heterocycles. The molecular weight excluding hydrogens is 296 g/mol. The van der Waals surface area contributed by atoms with Crippen molar-refractivity contribution in [1.82, 2.24) is 10.6 Å². The van der Waals surface area contributed by atoms with Crippen LogP contribution in [0.2, 0.25) is 0 Å². The minimum Gasteiger partial charge on any atom is -0.486 e. The van der Waals surface area contributed by atoms with Crippen LogP contribution in [0.3, 0.4) is 0 Å². The highest BCUT2D eigenvalue weighted by Crippen LogP contribution is 2.30. The lowest BCUT2D eigenvalue weighted by molar-refractivity contribution is -0.134. The first kappa shape index (κ1) is 15.9. The highest BCUT2D eigenvalue weighted by Gasteiger charge is 2.25. The zero-order valence-corrected chi connectivity index (χ0v) is 12.4. The molecule has 1 aromatic carbocycles. The zero-order chi connectivity index (χ0) is 13.8. The molecule has 2 N–H and O–H groups in total. The van der Waals surface area contributed by atoms with Crippen LogP contribution in [0.15, 0.2) is 24.3 Å². The number of amides is 1. The van der Waals surface area contributed by atoms with Crippen molar-refractivity contribution in [3.63, 3.8) is 0 Å². The van der Waals surface area contributed by atoms with Crippen LogP contribution in [0.25, 0.3) is 0 Å². The van der Waals surface area contributed by atoms with E-state index < -0.39 is 6.10 Å². The topological polar surface area (TPSA) is 68.8 Å². The Bertz CT molecular complexity index is 480. The first-order valence-corrected chi connectivity index (χ1v) is 6.81. The summed E-state index contributed by atoms with van der Waals surface area (Å²) in [6.07, 6.45) is -0.592. The van der Waals surface area contributed by atoms with Crippen LogP contribution in [-0.2, 0) is 9.53 Å². The van der Waals surface area contributed by atoms with Crippen LogP contribution in [0.1, 0.15) is 0 Å². The van der Waals surface area contributed by atoms with Gasteiger partial charge in [0.25, 0.3) is 5.91 Å². The summed E-state index contributed by atoms with van der Waals surface area (Å²) in [4.78, 5) is 11.9. The van der Waals surface area contributed by atoms with Crippen LogP contribution in [0.4, 0.5) is 0 Å². The van der Waals surface area contributed by atoms with Crippen molar-refractivity contribution in [3.8, 4) is 11.5 Å². The van der Waals surface area contributed by atoms with Gasteiger partial charge in [0.2, 0.25) is 0 Å². The summed E-state index contributed by atoms with van der Waals surface area (Å²) in [7, 11) is 0. The molecule has 6 nitrogen and oxygen atoms in total. The molecule has 116 valence electrons. The molecule has 0 radical (unpaired) electrons. The van der Waals surface area contributed by atoms with Crippen molar-refractivity contribution in [3.05, 3.63) is 24.3 Å². The Kier molecular flexibility index (Phi) is 5.67. The van der Waals surface area contributed by atoms with Gasteiger partial charge in [-0.25, -0.2) is 0 Å². The molecule has 0 aromatic heterocycles. The summed E-state index contributed by atoms with van der Waals surface area (Å²) in [6.45, 7) is 2.75. The third-order valence-electron chi connectivity index (χ3n) is 3.29. The Labute approximate surface area is 129 Å². The van der Waals surface area contributed by atoms with Gasteiger partial charge in [0.05, 0.1) is 13.2 Å². The van der Waals surface area contributed by atoms with E-state index in [1.807, 2.05) is 24.3 Å². The largest absolute Gasteiger partial charge is 0.486 e. The van der Waals surface area contributed by atoms with E-state index >= 15 is 0 Å². The van der Waals surface area contributed by atoms with Crippen LogP contribution in [0, 0.1) is 0 Å². The lowest BCUT2D eigenvalue weighted by Gasteiger charge is -2.28. The second-order valence-corrected chi connectivity index (χ2v) is 4.81. The molecule has 1 fully saturated rings. The van der Waals surface area contributed by atoms with E-state index in [-0.39, 0.29) is 24.4 Å². The number of benzene rings is 1. The molecule has 1 saturated heterocycles. The molecule has 0 spiro atoms. The normalized spacial score (nSPS) is 23.8. The van der Waals surface area contributed by atoms with E-state index in [4.69, 9.17) is 14.2 Å². The van der Waals surface area contributed by atoms with Crippen molar-refractivity contribution in [1.29, 1.82) is 0 Å². The molecule has 21 heavy (non-hydrogen) atoms. The standard InChI is InChI=1S/C14H18N2O4.ClH/c17-14(13-8-15-5-6-18-13)16-7-10-9-19-11-3-1-2-4-12(11)20-10;/h1-4,10,13,15H,5-9H2,(H,16,17);1H. The molecule has 3 rings (SSSR count). The molecule has 7 heteroatoms. The summed E-state index contributed by atoms with van der Waals surface area (Å²) in [5, 5.41) is 5.97. The van der Waals surface area contributed by atoms with E-state index in [0.717, 1.165) is 12.3 Å². The Hall–Kier alpha value is -1.50. The second-order valence-electron chi connectivity index (χ2n) is 4.81. The number of fused-ring (bicyclic) bond motifs is 1. The van der Waals surface area contributed by atoms with E-state index in [2.05, 4.69) is 10.6 Å². The maximum absolute atomic E-state index is 11.9. The van der Waals surface area contributed by atoms with Crippen LogP contribution in [-0.4, -0.2) is 51.0 Å². The Morgan fingerprint density at radius 2 is 2.14 bits per heavy atom. The van der Waals surface area contributed by atoms with Gasteiger partial charge in [-0.3, -0.25) is 4.79 Å². The van der Waals surface area contributed by atoms with Gasteiger partial charge in [-0.2, -0.15) is 0 Å². The third-order valence-corrected chi connectivity index (χ3v) is 3.29. The lowest BCUT2D eigenvalue weighted by Crippen LogP contribution is -2.50. The molecule has 1 aromatic rings.